The Bertz CT molecular complexity index is 604. The Balaban J connectivity index is 2.29. The van der Waals surface area contributed by atoms with Gasteiger partial charge >= 0.3 is 5.97 Å². The van der Waals surface area contributed by atoms with Crippen molar-refractivity contribution in [2.75, 3.05) is 0 Å². The van der Waals surface area contributed by atoms with Crippen LogP contribution in [-0.4, -0.2) is 21.0 Å². The summed E-state index contributed by atoms with van der Waals surface area (Å²) in [5.74, 6) is -1.03. The average Bonchev–Trinajstić information content (AvgIpc) is 2.32. The molecule has 1 aromatic carbocycles. The van der Waals surface area contributed by atoms with Gasteiger partial charge in [-0.15, -0.1) is 0 Å². The van der Waals surface area contributed by atoms with Crippen molar-refractivity contribution in [1.82, 2.24) is 9.97 Å². The van der Waals surface area contributed by atoms with Crippen molar-refractivity contribution in [2.45, 2.75) is 17.0 Å². The van der Waals surface area contributed by atoms with Crippen LogP contribution < -0.4 is 0 Å². The van der Waals surface area contributed by atoms with E-state index in [0.29, 0.717) is 15.9 Å². The number of benzene rings is 1. The molecule has 0 bridgehead atoms. The molecule has 0 amide bonds. The summed E-state index contributed by atoms with van der Waals surface area (Å²) in [5.41, 5.74) is 0.547. The van der Waals surface area contributed by atoms with Gasteiger partial charge in [0.25, 0.3) is 0 Å². The molecule has 0 radical (unpaired) electrons. The van der Waals surface area contributed by atoms with Crippen LogP contribution in [0.25, 0.3) is 0 Å². The quantitative estimate of drug-likeness (QED) is 0.874. The van der Waals surface area contributed by atoms with Gasteiger partial charge in [-0.25, -0.2) is 14.8 Å². The number of hydrogen-bond donors (Lipinski definition) is 1. The van der Waals surface area contributed by atoms with Crippen LogP contribution in [0.3, 0.4) is 0 Å². The predicted octanol–water partition coefficient (Wildman–Crippen LogP) is 3.29. The minimum atomic E-state index is -1.03. The highest BCUT2D eigenvalue weighted by atomic mass is 35.5. The highest BCUT2D eigenvalue weighted by Crippen LogP contribution is 2.30. The first-order chi connectivity index (χ1) is 8.58. The minimum Gasteiger partial charge on any atom is -0.478 e. The van der Waals surface area contributed by atoms with E-state index in [1.807, 2.05) is 18.2 Å². The molecular formula is C12H9ClN2O2S. The molecule has 0 aliphatic heterocycles. The lowest BCUT2D eigenvalue weighted by Crippen LogP contribution is -2.03. The van der Waals surface area contributed by atoms with Crippen LogP contribution in [-0.2, 0) is 0 Å². The summed E-state index contributed by atoms with van der Waals surface area (Å²) < 4.78 is 0. The van der Waals surface area contributed by atoms with E-state index >= 15 is 0 Å². The van der Waals surface area contributed by atoms with Crippen molar-refractivity contribution < 1.29 is 9.90 Å². The van der Waals surface area contributed by atoms with Gasteiger partial charge in [0.05, 0.1) is 16.3 Å². The first-order valence-corrected chi connectivity index (χ1v) is 6.26. The zero-order valence-electron chi connectivity index (χ0n) is 9.42. The zero-order chi connectivity index (χ0) is 13.1. The number of nitrogens with zero attached hydrogens (tertiary/aromatic N) is 2. The number of aromatic nitrogens is 2. The topological polar surface area (TPSA) is 63.1 Å². The van der Waals surface area contributed by atoms with Crippen LogP contribution in [0.2, 0.25) is 5.02 Å². The van der Waals surface area contributed by atoms with E-state index in [-0.39, 0.29) is 5.56 Å². The highest BCUT2D eigenvalue weighted by molar-refractivity contribution is 7.99. The third kappa shape index (κ3) is 2.80. The van der Waals surface area contributed by atoms with Gasteiger partial charge in [0.15, 0.2) is 5.16 Å². The maximum atomic E-state index is 10.8. The summed E-state index contributed by atoms with van der Waals surface area (Å²) in [6.45, 7) is 1.64. The number of aryl methyl sites for hydroxylation is 1. The third-order valence-corrected chi connectivity index (χ3v) is 3.62. The Morgan fingerprint density at radius 1 is 1.39 bits per heavy atom. The van der Waals surface area contributed by atoms with Crippen molar-refractivity contribution in [1.29, 1.82) is 0 Å². The van der Waals surface area contributed by atoms with E-state index in [9.17, 15) is 4.79 Å². The molecule has 0 atom stereocenters. The molecule has 0 saturated carbocycles. The van der Waals surface area contributed by atoms with Gasteiger partial charge in [-0.3, -0.25) is 0 Å². The lowest BCUT2D eigenvalue weighted by molar-refractivity contribution is 0.0695. The average molecular weight is 281 g/mol. The number of carbonyl (C=O) groups is 1. The van der Waals surface area contributed by atoms with E-state index < -0.39 is 5.97 Å². The Kier molecular flexibility index (Phi) is 3.84. The smallest absolute Gasteiger partial charge is 0.339 e. The number of rotatable bonds is 3. The summed E-state index contributed by atoms with van der Waals surface area (Å²) >= 11 is 7.33. The standard InChI is InChI=1S/C12H9ClN2O2S/c1-7-8(11(16)17)6-14-12(15-7)18-10-5-3-2-4-9(10)13/h2-6H,1H3,(H,16,17). The molecule has 0 spiro atoms. The maximum absolute atomic E-state index is 10.8. The Morgan fingerprint density at radius 2 is 2.11 bits per heavy atom. The van der Waals surface area contributed by atoms with E-state index in [1.54, 1.807) is 13.0 Å². The fourth-order valence-electron chi connectivity index (χ4n) is 1.33. The minimum absolute atomic E-state index is 0.110. The lowest BCUT2D eigenvalue weighted by atomic mass is 10.2. The van der Waals surface area contributed by atoms with E-state index in [0.717, 1.165) is 4.90 Å². The van der Waals surface area contributed by atoms with Gasteiger partial charge in [0.1, 0.15) is 0 Å². The molecule has 0 aliphatic carbocycles. The second kappa shape index (κ2) is 5.37. The van der Waals surface area contributed by atoms with Crippen LogP contribution in [0.5, 0.6) is 0 Å². The summed E-state index contributed by atoms with van der Waals surface area (Å²) in [6, 6.07) is 7.35. The Morgan fingerprint density at radius 3 is 2.72 bits per heavy atom. The van der Waals surface area contributed by atoms with Crippen molar-refractivity contribution in [2.24, 2.45) is 0 Å². The molecule has 4 nitrogen and oxygen atoms in total. The maximum Gasteiger partial charge on any atom is 0.339 e. The second-order valence-corrected chi connectivity index (χ2v) is 4.91. The summed E-state index contributed by atoms with van der Waals surface area (Å²) in [6.07, 6.45) is 1.31. The molecule has 0 unspecified atom stereocenters. The van der Waals surface area contributed by atoms with Crippen LogP contribution >= 0.6 is 23.4 Å². The van der Waals surface area contributed by atoms with Gasteiger partial charge in [0, 0.05) is 11.1 Å². The number of aromatic carboxylic acids is 1. The predicted molar refractivity (Wildman–Crippen MR) is 69.3 cm³/mol. The van der Waals surface area contributed by atoms with E-state index in [4.69, 9.17) is 16.7 Å². The molecule has 18 heavy (non-hydrogen) atoms. The Hall–Kier alpha value is -1.59. The van der Waals surface area contributed by atoms with Crippen molar-refractivity contribution >= 4 is 29.3 Å². The first-order valence-electron chi connectivity index (χ1n) is 5.07. The first kappa shape index (κ1) is 12.9. The largest absolute Gasteiger partial charge is 0.478 e. The van der Waals surface area contributed by atoms with Gasteiger partial charge in [-0.2, -0.15) is 0 Å². The molecular weight excluding hydrogens is 272 g/mol. The molecule has 1 N–H and O–H groups in total. The zero-order valence-corrected chi connectivity index (χ0v) is 11.0. The van der Waals surface area contributed by atoms with E-state index in [2.05, 4.69) is 9.97 Å². The number of hydrogen-bond acceptors (Lipinski definition) is 4. The molecule has 0 saturated heterocycles. The lowest BCUT2D eigenvalue weighted by Gasteiger charge is -2.04. The summed E-state index contributed by atoms with van der Waals surface area (Å²) in [5, 5.41) is 9.98. The van der Waals surface area contributed by atoms with Gasteiger partial charge in [0.2, 0.25) is 0 Å². The second-order valence-electron chi connectivity index (χ2n) is 3.49. The molecule has 6 heteroatoms. The molecule has 2 rings (SSSR count). The monoisotopic (exact) mass is 280 g/mol. The van der Waals surface area contributed by atoms with Gasteiger partial charge in [-0.1, -0.05) is 23.7 Å². The molecule has 1 aromatic heterocycles. The van der Waals surface area contributed by atoms with Crippen LogP contribution in [0.1, 0.15) is 16.1 Å². The molecule has 1 heterocycles. The van der Waals surface area contributed by atoms with Gasteiger partial charge < -0.3 is 5.11 Å². The van der Waals surface area contributed by atoms with Crippen LogP contribution in [0.4, 0.5) is 0 Å². The normalized spacial score (nSPS) is 10.3. The highest BCUT2D eigenvalue weighted by Gasteiger charge is 2.11. The SMILES string of the molecule is Cc1nc(Sc2ccccc2Cl)ncc1C(=O)O. The number of carboxylic acids is 1. The number of carboxylic acid groups (broad SMARTS) is 1. The summed E-state index contributed by atoms with van der Waals surface area (Å²) in [7, 11) is 0. The number of halogens is 1. The fourth-order valence-corrected chi connectivity index (χ4v) is 2.38. The van der Waals surface area contributed by atoms with Crippen molar-refractivity contribution in [3.05, 3.63) is 46.7 Å². The van der Waals surface area contributed by atoms with Crippen molar-refractivity contribution in [3.8, 4) is 0 Å². The Labute approximate surface area is 113 Å². The summed E-state index contributed by atoms with van der Waals surface area (Å²) in [4.78, 5) is 19.8. The molecule has 2 aromatic rings. The third-order valence-electron chi connectivity index (χ3n) is 2.23. The molecule has 0 aliphatic rings. The fraction of sp³-hybridized carbons (Fsp3) is 0.0833. The molecule has 92 valence electrons. The van der Waals surface area contributed by atoms with Crippen LogP contribution in [0, 0.1) is 6.92 Å². The van der Waals surface area contributed by atoms with Crippen molar-refractivity contribution in [3.63, 3.8) is 0 Å². The molecule has 0 fully saturated rings. The van der Waals surface area contributed by atoms with Gasteiger partial charge in [-0.05, 0) is 30.8 Å². The van der Waals surface area contributed by atoms with E-state index in [1.165, 1.54) is 18.0 Å². The van der Waals surface area contributed by atoms with Crippen LogP contribution in [0.15, 0.2) is 40.5 Å².